The van der Waals surface area contributed by atoms with Crippen LogP contribution in [-0.2, 0) is 34.8 Å². The number of sulfonamides is 1. The first-order chi connectivity index (χ1) is 25.4. The van der Waals surface area contributed by atoms with E-state index in [1.807, 2.05) is 0 Å². The van der Waals surface area contributed by atoms with E-state index in [1.54, 1.807) is 82.4 Å². The number of para-hydroxylation sites is 1. The second kappa shape index (κ2) is 14.7. The van der Waals surface area contributed by atoms with Crippen molar-refractivity contribution >= 4 is 55.3 Å². The van der Waals surface area contributed by atoms with Crippen molar-refractivity contribution in [1.82, 2.24) is 24.6 Å². The minimum absolute atomic E-state index is 0.000295. The Bertz CT molecular complexity index is 2550. The number of hydrogen-bond donors (Lipinski definition) is 1. The van der Waals surface area contributed by atoms with Gasteiger partial charge in [-0.05, 0) is 80.4 Å². The Labute approximate surface area is 314 Å². The molecule has 1 atom stereocenters. The van der Waals surface area contributed by atoms with E-state index in [1.165, 1.54) is 22.4 Å². The maximum Gasteiger partial charge on any atom is 0.408 e. The number of benzene rings is 4. The number of halogens is 3. The molecule has 1 amide bonds. The maximum atomic E-state index is 14.6. The summed E-state index contributed by atoms with van der Waals surface area (Å²) in [4.78, 5) is 32.8. The average Bonchev–Trinajstić information content (AvgIpc) is 3.43. The zero-order valence-electron chi connectivity index (χ0n) is 30.2. The fourth-order valence-corrected chi connectivity index (χ4v) is 7.24. The van der Waals surface area contributed by atoms with Gasteiger partial charge in [0.05, 0.1) is 58.5 Å². The molecule has 0 aliphatic heterocycles. The van der Waals surface area contributed by atoms with Crippen molar-refractivity contribution in [2.24, 2.45) is 7.05 Å². The number of anilines is 1. The molecule has 12 nitrogen and oxygen atoms in total. The highest BCUT2D eigenvalue weighted by Crippen LogP contribution is 2.38. The number of alkyl carbamates (subject to hydrolysis) is 1. The monoisotopic (exact) mass is 778 g/mol. The molecule has 282 valence electrons. The highest BCUT2D eigenvalue weighted by molar-refractivity contribution is 7.92. The number of carbonyl (C=O) groups excluding carboxylic acids is 1. The van der Waals surface area contributed by atoms with Crippen molar-refractivity contribution in [3.05, 3.63) is 123 Å². The molecule has 0 aliphatic carbocycles. The van der Waals surface area contributed by atoms with E-state index in [9.17, 15) is 26.8 Å². The molecule has 16 heteroatoms. The van der Waals surface area contributed by atoms with Crippen molar-refractivity contribution < 1.29 is 31.5 Å². The molecule has 4 aromatic carbocycles. The van der Waals surface area contributed by atoms with Crippen LogP contribution in [0.5, 0.6) is 5.75 Å². The molecule has 6 rings (SSSR count). The topological polar surface area (TPSA) is 138 Å². The lowest BCUT2D eigenvalue weighted by Crippen LogP contribution is -2.39. The molecule has 0 saturated carbocycles. The summed E-state index contributed by atoms with van der Waals surface area (Å²) in [5.74, 6) is -1.10. The normalized spacial score (nSPS) is 12.5. The summed E-state index contributed by atoms with van der Waals surface area (Å²) in [7, 11) is -0.871. The van der Waals surface area contributed by atoms with Crippen LogP contribution < -0.4 is 19.9 Å². The molecule has 0 bridgehead atoms. The van der Waals surface area contributed by atoms with Crippen molar-refractivity contribution in [2.45, 2.75) is 45.4 Å². The Kier molecular flexibility index (Phi) is 10.4. The van der Waals surface area contributed by atoms with E-state index in [0.717, 1.165) is 28.8 Å². The summed E-state index contributed by atoms with van der Waals surface area (Å²) in [5.41, 5.74) is 0.0573. The fraction of sp³-hybridized carbons (Fsp3) is 0.263. The number of fused-ring (bicyclic) bond motifs is 2. The van der Waals surface area contributed by atoms with Gasteiger partial charge >= 0.3 is 6.09 Å². The van der Waals surface area contributed by atoms with E-state index >= 15 is 0 Å². The van der Waals surface area contributed by atoms with Crippen molar-refractivity contribution in [3.8, 4) is 11.4 Å². The van der Waals surface area contributed by atoms with Gasteiger partial charge in [0, 0.05) is 19.5 Å². The molecule has 0 fully saturated rings. The van der Waals surface area contributed by atoms with Crippen LogP contribution in [-0.4, -0.2) is 52.8 Å². The van der Waals surface area contributed by atoms with E-state index in [-0.39, 0.29) is 62.7 Å². The van der Waals surface area contributed by atoms with Crippen LogP contribution in [0.4, 0.5) is 19.4 Å². The minimum atomic E-state index is -3.97. The molecule has 1 unspecified atom stereocenters. The summed E-state index contributed by atoms with van der Waals surface area (Å²) < 4.78 is 70.3. The van der Waals surface area contributed by atoms with Gasteiger partial charge in [0.25, 0.3) is 5.56 Å². The minimum Gasteiger partial charge on any atom is -0.497 e. The standard InChI is InChI=1S/C38H37ClF2N6O6S/c1-38(2,3)53-37(49)43-30(19-23-17-24(40)20-25(41)18-23)34-42-29-10-8-7-9-27(29)36(48)47(34)31-16-15-28(39)32-33(31)45(4)44-35(32)46(54(6,50)51)21-22-11-13-26(52-5)14-12-22/h7-18,20,30H,19,21H2,1-6H3,(H,43,49). The van der Waals surface area contributed by atoms with Crippen molar-refractivity contribution in [2.75, 3.05) is 17.7 Å². The van der Waals surface area contributed by atoms with Gasteiger partial charge in [0.1, 0.15) is 28.8 Å². The zero-order chi connectivity index (χ0) is 39.1. The first-order valence-corrected chi connectivity index (χ1v) is 18.9. The second-order valence-electron chi connectivity index (χ2n) is 13.7. The number of nitrogens with zero attached hydrogens (tertiary/aromatic N) is 5. The lowest BCUT2D eigenvalue weighted by molar-refractivity contribution is 0.0500. The average molecular weight is 779 g/mol. The smallest absolute Gasteiger partial charge is 0.408 e. The SMILES string of the molecule is COc1ccc(CN(c2nn(C)c3c(-n4c(C(Cc5cc(F)cc(F)c5)NC(=O)OC(C)(C)C)nc5ccccc5c4=O)ccc(Cl)c23)S(C)(=O)=O)cc1. The van der Waals surface area contributed by atoms with Gasteiger partial charge in [-0.3, -0.25) is 14.0 Å². The summed E-state index contributed by atoms with van der Waals surface area (Å²) in [6, 6.07) is 18.3. The van der Waals surface area contributed by atoms with Gasteiger partial charge < -0.3 is 14.8 Å². The summed E-state index contributed by atoms with van der Waals surface area (Å²) >= 11 is 6.84. The number of ether oxygens (including phenoxy) is 2. The van der Waals surface area contributed by atoms with Gasteiger partial charge in [-0.25, -0.2) is 31.3 Å². The molecular weight excluding hydrogens is 742 g/mol. The molecule has 0 spiro atoms. The van der Waals surface area contributed by atoms with Gasteiger partial charge in [-0.15, -0.1) is 0 Å². The van der Waals surface area contributed by atoms with Crippen molar-refractivity contribution in [1.29, 1.82) is 0 Å². The predicted molar refractivity (Wildman–Crippen MR) is 203 cm³/mol. The number of nitrogens with one attached hydrogen (secondary N) is 1. The molecule has 54 heavy (non-hydrogen) atoms. The second-order valence-corrected chi connectivity index (χ2v) is 16.0. The van der Waals surface area contributed by atoms with Crippen LogP contribution in [0.15, 0.2) is 83.7 Å². The van der Waals surface area contributed by atoms with E-state index in [0.29, 0.717) is 11.3 Å². The number of rotatable bonds is 10. The van der Waals surface area contributed by atoms with Gasteiger partial charge in [0.15, 0.2) is 5.82 Å². The Hall–Kier alpha value is -5.54. The number of hydrogen-bond acceptors (Lipinski definition) is 8. The Morgan fingerprint density at radius 3 is 2.30 bits per heavy atom. The highest BCUT2D eigenvalue weighted by Gasteiger charge is 2.31. The van der Waals surface area contributed by atoms with Crippen molar-refractivity contribution in [3.63, 3.8) is 0 Å². The molecule has 6 aromatic rings. The Morgan fingerprint density at radius 1 is 1.00 bits per heavy atom. The van der Waals surface area contributed by atoms with Crippen LogP contribution in [0.2, 0.25) is 5.02 Å². The third kappa shape index (κ3) is 8.01. The zero-order valence-corrected chi connectivity index (χ0v) is 31.8. The van der Waals surface area contributed by atoms with Crippen LogP contribution in [0.25, 0.3) is 27.5 Å². The summed E-state index contributed by atoms with van der Waals surface area (Å²) in [5, 5.41) is 7.95. The third-order valence-electron chi connectivity index (χ3n) is 8.43. The van der Waals surface area contributed by atoms with Gasteiger partial charge in [-0.2, -0.15) is 5.10 Å². The van der Waals surface area contributed by atoms with Crippen LogP contribution >= 0.6 is 11.6 Å². The third-order valence-corrected chi connectivity index (χ3v) is 9.84. The van der Waals surface area contributed by atoms with Crippen LogP contribution in [0.3, 0.4) is 0 Å². The number of amides is 1. The van der Waals surface area contributed by atoms with Gasteiger partial charge in [-0.1, -0.05) is 35.9 Å². The summed E-state index contributed by atoms with van der Waals surface area (Å²) in [6.07, 6.45) is -0.0347. The molecule has 0 aliphatic rings. The molecule has 2 aromatic heterocycles. The quantitative estimate of drug-likeness (QED) is 0.157. The Balaban J connectivity index is 1.61. The van der Waals surface area contributed by atoms with E-state index < -0.39 is 45.0 Å². The predicted octanol–water partition coefficient (Wildman–Crippen LogP) is 6.99. The Morgan fingerprint density at radius 2 is 1.67 bits per heavy atom. The van der Waals surface area contributed by atoms with E-state index in [2.05, 4.69) is 10.4 Å². The largest absolute Gasteiger partial charge is 0.497 e. The maximum absolute atomic E-state index is 14.6. The number of aryl methyl sites for hydroxylation is 1. The first kappa shape index (κ1) is 38.2. The lowest BCUT2D eigenvalue weighted by atomic mass is 10.0. The molecular formula is C38H37ClF2N6O6S. The van der Waals surface area contributed by atoms with Gasteiger partial charge in [0.2, 0.25) is 10.0 Å². The number of aromatic nitrogens is 4. The molecule has 2 heterocycles. The molecule has 1 N–H and O–H groups in total. The van der Waals surface area contributed by atoms with Crippen LogP contribution in [0, 0.1) is 11.6 Å². The van der Waals surface area contributed by atoms with Crippen LogP contribution in [0.1, 0.15) is 43.8 Å². The fourth-order valence-electron chi connectivity index (χ4n) is 6.18. The molecule has 0 saturated heterocycles. The summed E-state index contributed by atoms with van der Waals surface area (Å²) in [6.45, 7) is 4.91. The molecule has 0 radical (unpaired) electrons. The lowest BCUT2D eigenvalue weighted by Gasteiger charge is -2.26. The first-order valence-electron chi connectivity index (χ1n) is 16.7. The number of methoxy groups -OCH3 is 1. The highest BCUT2D eigenvalue weighted by atomic mass is 35.5. The van der Waals surface area contributed by atoms with E-state index in [4.69, 9.17) is 26.1 Å². The number of carbonyl (C=O) groups is 1.